The van der Waals surface area contributed by atoms with Crippen LogP contribution in [0.25, 0.3) is 0 Å². The first kappa shape index (κ1) is 18.7. The number of nitrogens with zero attached hydrogens (tertiary/aromatic N) is 1. The summed E-state index contributed by atoms with van der Waals surface area (Å²) >= 11 is 0. The molecule has 1 aliphatic rings. The van der Waals surface area contributed by atoms with Crippen molar-refractivity contribution < 1.29 is 18.3 Å². The van der Waals surface area contributed by atoms with Gasteiger partial charge in [0.2, 0.25) is 11.2 Å². The van der Waals surface area contributed by atoms with E-state index >= 15 is 0 Å². The summed E-state index contributed by atoms with van der Waals surface area (Å²) in [6, 6.07) is 15.3. The molecular weight excluding hydrogens is 375 g/mol. The molecule has 29 heavy (non-hydrogen) atoms. The number of amides is 1. The van der Waals surface area contributed by atoms with E-state index in [-0.39, 0.29) is 16.9 Å². The van der Waals surface area contributed by atoms with Gasteiger partial charge in [-0.1, -0.05) is 30.3 Å². The number of hydrogen-bond acceptors (Lipinski definition) is 5. The molecule has 2 heterocycles. The number of fused-ring (bicyclic) bond motifs is 1. The van der Waals surface area contributed by atoms with Crippen molar-refractivity contribution in [3.8, 4) is 5.75 Å². The zero-order valence-electron chi connectivity index (χ0n) is 15.6. The number of nitrogens with one attached hydrogen (secondary N) is 1. The van der Waals surface area contributed by atoms with E-state index in [0.717, 1.165) is 18.7 Å². The molecule has 1 N–H and O–H groups in total. The van der Waals surface area contributed by atoms with E-state index in [9.17, 15) is 14.0 Å². The second-order valence-electron chi connectivity index (χ2n) is 6.69. The fourth-order valence-electron chi connectivity index (χ4n) is 3.28. The molecule has 0 unspecified atom stereocenters. The maximum absolute atomic E-state index is 13.6. The third-order valence-corrected chi connectivity index (χ3v) is 4.69. The predicted octanol–water partition coefficient (Wildman–Crippen LogP) is 3.36. The molecule has 2 aromatic carbocycles. The van der Waals surface area contributed by atoms with Crippen LogP contribution in [-0.2, 0) is 17.8 Å². The zero-order chi connectivity index (χ0) is 20.2. The molecule has 0 atom stereocenters. The van der Waals surface area contributed by atoms with Crippen LogP contribution >= 0.6 is 0 Å². The molecule has 0 aliphatic carbocycles. The van der Waals surface area contributed by atoms with E-state index in [4.69, 9.17) is 9.15 Å². The van der Waals surface area contributed by atoms with Gasteiger partial charge in [0.05, 0.1) is 12.2 Å². The summed E-state index contributed by atoms with van der Waals surface area (Å²) in [6.45, 7) is 0.899. The van der Waals surface area contributed by atoms with Crippen LogP contribution in [0.1, 0.15) is 11.3 Å². The van der Waals surface area contributed by atoms with Crippen molar-refractivity contribution in [2.45, 2.75) is 13.0 Å². The zero-order valence-corrected chi connectivity index (χ0v) is 15.6. The minimum Gasteiger partial charge on any atom is -0.477 e. The normalized spacial score (nSPS) is 12.5. The minimum atomic E-state index is -0.577. The van der Waals surface area contributed by atoms with E-state index in [2.05, 4.69) is 16.3 Å². The first-order valence-electron chi connectivity index (χ1n) is 9.22. The summed E-state index contributed by atoms with van der Waals surface area (Å²) in [6.07, 6.45) is 2.16. The highest BCUT2D eigenvalue weighted by Crippen LogP contribution is 2.28. The van der Waals surface area contributed by atoms with Gasteiger partial charge in [0, 0.05) is 18.3 Å². The van der Waals surface area contributed by atoms with Gasteiger partial charge in [0.1, 0.15) is 17.8 Å². The molecule has 1 aromatic heterocycles. The Balaban J connectivity index is 1.36. The molecule has 3 aromatic rings. The van der Waals surface area contributed by atoms with Crippen molar-refractivity contribution in [3.63, 3.8) is 0 Å². The molecule has 0 saturated carbocycles. The Hall–Kier alpha value is -3.61. The Bertz CT molecular complexity index is 1100. The van der Waals surface area contributed by atoms with Crippen LogP contribution in [0.4, 0.5) is 15.8 Å². The molecule has 1 amide bonds. The molecule has 0 bridgehead atoms. The van der Waals surface area contributed by atoms with Gasteiger partial charge >= 0.3 is 0 Å². The van der Waals surface area contributed by atoms with Gasteiger partial charge in [-0.3, -0.25) is 9.59 Å². The lowest BCUT2D eigenvalue weighted by molar-refractivity contribution is -0.118. The number of benzene rings is 2. The van der Waals surface area contributed by atoms with Crippen molar-refractivity contribution in [2.24, 2.45) is 0 Å². The Morgan fingerprint density at radius 3 is 2.79 bits per heavy atom. The monoisotopic (exact) mass is 394 g/mol. The summed E-state index contributed by atoms with van der Waals surface area (Å²) in [7, 11) is 0. The lowest BCUT2D eigenvalue weighted by atomic mass is 10.2. The summed E-state index contributed by atoms with van der Waals surface area (Å²) in [4.78, 5) is 26.4. The maximum atomic E-state index is 13.6. The van der Waals surface area contributed by atoms with Crippen molar-refractivity contribution in [1.82, 2.24) is 0 Å². The van der Waals surface area contributed by atoms with Crippen LogP contribution in [0.15, 0.2) is 70.1 Å². The predicted molar refractivity (Wildman–Crippen MR) is 107 cm³/mol. The maximum Gasteiger partial charge on any atom is 0.262 e. The molecule has 148 valence electrons. The molecular formula is C22H19FN2O4. The van der Waals surface area contributed by atoms with Crippen LogP contribution < -0.4 is 20.4 Å². The van der Waals surface area contributed by atoms with Crippen molar-refractivity contribution in [3.05, 3.63) is 88.2 Å². The quantitative estimate of drug-likeness (QED) is 0.694. The minimum absolute atomic E-state index is 0.0503. The SMILES string of the molecule is O=C(COc1coc(CN2CCc3ccccc32)cc1=O)Nc1ccccc1F. The molecule has 0 fully saturated rings. The van der Waals surface area contributed by atoms with E-state index in [1.807, 2.05) is 18.2 Å². The molecule has 0 saturated heterocycles. The number of ether oxygens (including phenoxy) is 1. The summed E-state index contributed by atoms with van der Waals surface area (Å²) in [5.74, 6) is -0.686. The molecule has 0 radical (unpaired) electrons. The van der Waals surface area contributed by atoms with E-state index in [1.165, 1.54) is 36.1 Å². The van der Waals surface area contributed by atoms with Gasteiger partial charge in [-0.05, 0) is 30.2 Å². The summed E-state index contributed by atoms with van der Waals surface area (Å²) < 4.78 is 24.3. The third kappa shape index (κ3) is 4.29. The average Bonchev–Trinajstić information content (AvgIpc) is 3.12. The summed E-state index contributed by atoms with van der Waals surface area (Å²) in [5.41, 5.74) is 2.09. The third-order valence-electron chi connectivity index (χ3n) is 4.69. The first-order chi connectivity index (χ1) is 14.1. The number of carbonyl (C=O) groups is 1. The summed E-state index contributed by atoms with van der Waals surface area (Å²) in [5, 5.41) is 2.39. The Morgan fingerprint density at radius 1 is 1.17 bits per heavy atom. The van der Waals surface area contributed by atoms with Crippen LogP contribution in [-0.4, -0.2) is 19.1 Å². The van der Waals surface area contributed by atoms with Crippen LogP contribution in [0, 0.1) is 5.82 Å². The van der Waals surface area contributed by atoms with E-state index in [1.54, 1.807) is 6.07 Å². The number of carbonyl (C=O) groups excluding carboxylic acids is 1. The standard InChI is InChI=1S/C22H19FN2O4/c23-17-6-2-3-7-18(17)24-22(27)14-29-21-13-28-16(11-20(21)26)12-25-10-9-15-5-1-4-8-19(15)25/h1-8,11,13H,9-10,12,14H2,(H,24,27). The topological polar surface area (TPSA) is 71.8 Å². The fourth-order valence-corrected chi connectivity index (χ4v) is 3.28. The lowest BCUT2D eigenvalue weighted by Gasteiger charge is -2.18. The van der Waals surface area contributed by atoms with Crippen molar-refractivity contribution >= 4 is 17.3 Å². The van der Waals surface area contributed by atoms with Crippen LogP contribution in [0.3, 0.4) is 0 Å². The van der Waals surface area contributed by atoms with Gasteiger partial charge in [0.15, 0.2) is 6.61 Å². The largest absolute Gasteiger partial charge is 0.477 e. The van der Waals surface area contributed by atoms with E-state index < -0.39 is 18.3 Å². The highest BCUT2D eigenvalue weighted by molar-refractivity contribution is 5.91. The number of para-hydroxylation sites is 2. The van der Waals surface area contributed by atoms with Gasteiger partial charge in [0.25, 0.3) is 5.91 Å². The number of hydrogen-bond donors (Lipinski definition) is 1. The van der Waals surface area contributed by atoms with Gasteiger partial charge in [-0.15, -0.1) is 0 Å². The van der Waals surface area contributed by atoms with Crippen molar-refractivity contribution in [2.75, 3.05) is 23.4 Å². The number of rotatable bonds is 6. The number of halogens is 1. The molecule has 1 aliphatic heterocycles. The van der Waals surface area contributed by atoms with Crippen molar-refractivity contribution in [1.29, 1.82) is 0 Å². The Morgan fingerprint density at radius 2 is 1.97 bits per heavy atom. The van der Waals surface area contributed by atoms with E-state index in [0.29, 0.717) is 12.3 Å². The number of anilines is 2. The highest BCUT2D eigenvalue weighted by atomic mass is 19.1. The first-order valence-corrected chi connectivity index (χ1v) is 9.22. The molecule has 0 spiro atoms. The lowest BCUT2D eigenvalue weighted by Crippen LogP contribution is -2.23. The second kappa shape index (κ2) is 8.18. The molecule has 7 heteroatoms. The molecule has 4 rings (SSSR count). The second-order valence-corrected chi connectivity index (χ2v) is 6.69. The Labute approximate surface area is 166 Å². The Kier molecular flexibility index (Phi) is 5.29. The van der Waals surface area contributed by atoms with Gasteiger partial charge in [-0.2, -0.15) is 0 Å². The highest BCUT2D eigenvalue weighted by Gasteiger charge is 2.19. The smallest absolute Gasteiger partial charge is 0.262 e. The van der Waals surface area contributed by atoms with Gasteiger partial charge in [-0.25, -0.2) is 4.39 Å². The molecule has 6 nitrogen and oxygen atoms in total. The van der Waals surface area contributed by atoms with Gasteiger partial charge < -0.3 is 19.4 Å². The fraction of sp³-hybridized carbons (Fsp3) is 0.182. The average molecular weight is 394 g/mol. The van der Waals surface area contributed by atoms with Crippen LogP contribution in [0.5, 0.6) is 5.75 Å². The van der Waals surface area contributed by atoms with Crippen LogP contribution in [0.2, 0.25) is 0 Å².